The van der Waals surface area contributed by atoms with Crippen LogP contribution in [0.4, 0.5) is 8.78 Å². The van der Waals surface area contributed by atoms with Crippen molar-refractivity contribution >= 4 is 11.2 Å². The Labute approximate surface area is 133 Å². The molecule has 120 valence electrons. The van der Waals surface area contributed by atoms with Crippen molar-refractivity contribution in [3.63, 3.8) is 0 Å². The second-order valence-corrected chi connectivity index (χ2v) is 5.57. The number of aromatic nitrogens is 3. The largest absolute Gasteiger partial charge is 0.330 e. The maximum absolute atomic E-state index is 13.6. The molecule has 3 aromatic rings. The zero-order valence-corrected chi connectivity index (χ0v) is 12.9. The lowest BCUT2D eigenvalue weighted by molar-refractivity contribution is 0.509. The van der Waals surface area contributed by atoms with Crippen LogP contribution >= 0.6 is 0 Å². The first-order valence-electron chi connectivity index (χ1n) is 7.58. The number of aryl methyl sites for hydroxylation is 2. The summed E-state index contributed by atoms with van der Waals surface area (Å²) >= 11 is 0. The summed E-state index contributed by atoms with van der Waals surface area (Å²) in [6.45, 7) is 3.23. The van der Waals surface area contributed by atoms with Crippen LogP contribution in [0, 0.1) is 18.6 Å². The molecule has 0 aliphatic heterocycles. The van der Waals surface area contributed by atoms with Crippen LogP contribution in [0.25, 0.3) is 22.6 Å². The quantitative estimate of drug-likeness (QED) is 0.734. The molecule has 23 heavy (non-hydrogen) atoms. The predicted octanol–water partition coefficient (Wildman–Crippen LogP) is 3.42. The predicted molar refractivity (Wildman–Crippen MR) is 85.9 cm³/mol. The number of imidazole rings is 1. The Morgan fingerprint density at radius 1 is 1.13 bits per heavy atom. The van der Waals surface area contributed by atoms with Gasteiger partial charge in [-0.1, -0.05) is 0 Å². The van der Waals surface area contributed by atoms with Gasteiger partial charge in [0.1, 0.15) is 11.3 Å². The van der Waals surface area contributed by atoms with Gasteiger partial charge in [-0.15, -0.1) is 0 Å². The Kier molecular flexibility index (Phi) is 4.34. The number of nitrogens with two attached hydrogens (primary N) is 1. The lowest BCUT2D eigenvalue weighted by atomic mass is 10.2. The summed E-state index contributed by atoms with van der Waals surface area (Å²) in [5.74, 6) is -1.16. The third-order valence-corrected chi connectivity index (χ3v) is 3.74. The highest BCUT2D eigenvalue weighted by atomic mass is 19.2. The zero-order chi connectivity index (χ0) is 16.4. The van der Waals surface area contributed by atoms with Gasteiger partial charge < -0.3 is 10.3 Å². The van der Waals surface area contributed by atoms with Crippen LogP contribution in [0.2, 0.25) is 0 Å². The summed E-state index contributed by atoms with van der Waals surface area (Å²) in [5.41, 5.74) is 8.58. The monoisotopic (exact) mass is 316 g/mol. The molecule has 0 unspecified atom stereocenters. The normalized spacial score (nSPS) is 11.3. The minimum atomic E-state index is -0.882. The average molecular weight is 316 g/mol. The van der Waals surface area contributed by atoms with Gasteiger partial charge in [-0.2, -0.15) is 0 Å². The van der Waals surface area contributed by atoms with E-state index in [0.717, 1.165) is 35.6 Å². The molecule has 6 heteroatoms. The van der Waals surface area contributed by atoms with Gasteiger partial charge in [0, 0.05) is 18.3 Å². The maximum Gasteiger partial charge on any atom is 0.160 e. The molecule has 2 aromatic heterocycles. The average Bonchev–Trinajstić information content (AvgIpc) is 2.88. The molecule has 0 bridgehead atoms. The van der Waals surface area contributed by atoms with Crippen molar-refractivity contribution in [2.45, 2.75) is 26.3 Å². The lowest BCUT2D eigenvalue weighted by Crippen LogP contribution is -2.05. The van der Waals surface area contributed by atoms with E-state index < -0.39 is 11.6 Å². The number of pyridine rings is 1. The van der Waals surface area contributed by atoms with Gasteiger partial charge in [-0.25, -0.2) is 18.7 Å². The molecule has 0 fully saturated rings. The number of hydrogen-bond donors (Lipinski definition) is 1. The van der Waals surface area contributed by atoms with E-state index in [2.05, 4.69) is 9.97 Å². The summed E-state index contributed by atoms with van der Waals surface area (Å²) in [7, 11) is 0. The Morgan fingerprint density at radius 2 is 1.96 bits per heavy atom. The molecular weight excluding hydrogens is 298 g/mol. The van der Waals surface area contributed by atoms with E-state index in [4.69, 9.17) is 5.73 Å². The van der Waals surface area contributed by atoms with Gasteiger partial charge in [0.2, 0.25) is 0 Å². The summed E-state index contributed by atoms with van der Waals surface area (Å²) in [6.07, 6.45) is 3.52. The number of benzene rings is 1. The van der Waals surface area contributed by atoms with Crippen LogP contribution in [0.5, 0.6) is 0 Å². The SMILES string of the molecule is Cc1cnc2c(c1)nc(-c1ccc(F)c(F)c1)n2CCCCN. The molecule has 0 amide bonds. The van der Waals surface area contributed by atoms with E-state index >= 15 is 0 Å². The molecule has 0 spiro atoms. The maximum atomic E-state index is 13.6. The molecule has 2 N–H and O–H groups in total. The van der Waals surface area contributed by atoms with E-state index in [1.165, 1.54) is 12.1 Å². The number of nitrogens with zero attached hydrogens (tertiary/aromatic N) is 3. The van der Waals surface area contributed by atoms with Gasteiger partial charge in [-0.05, 0) is 56.1 Å². The van der Waals surface area contributed by atoms with E-state index in [1.54, 1.807) is 6.20 Å². The highest BCUT2D eigenvalue weighted by Crippen LogP contribution is 2.26. The van der Waals surface area contributed by atoms with Gasteiger partial charge in [0.05, 0.1) is 0 Å². The van der Waals surface area contributed by atoms with E-state index in [9.17, 15) is 8.78 Å². The van der Waals surface area contributed by atoms with Crippen molar-refractivity contribution in [1.82, 2.24) is 14.5 Å². The Morgan fingerprint density at radius 3 is 2.70 bits per heavy atom. The number of halogens is 2. The van der Waals surface area contributed by atoms with Crippen molar-refractivity contribution in [3.8, 4) is 11.4 Å². The molecule has 3 rings (SSSR count). The summed E-state index contributed by atoms with van der Waals surface area (Å²) in [6, 6.07) is 5.76. The zero-order valence-electron chi connectivity index (χ0n) is 12.9. The second kappa shape index (κ2) is 6.42. The first-order chi connectivity index (χ1) is 11.1. The van der Waals surface area contributed by atoms with Crippen molar-refractivity contribution in [2.24, 2.45) is 5.73 Å². The topological polar surface area (TPSA) is 56.7 Å². The van der Waals surface area contributed by atoms with Gasteiger partial charge in [0.25, 0.3) is 0 Å². The van der Waals surface area contributed by atoms with Crippen molar-refractivity contribution in [2.75, 3.05) is 6.54 Å². The summed E-state index contributed by atoms with van der Waals surface area (Å²) in [5, 5.41) is 0. The fourth-order valence-corrected chi connectivity index (χ4v) is 2.59. The van der Waals surface area contributed by atoms with Crippen LogP contribution < -0.4 is 5.73 Å². The molecule has 0 atom stereocenters. The molecule has 0 saturated heterocycles. The van der Waals surface area contributed by atoms with Crippen LogP contribution in [-0.2, 0) is 6.54 Å². The number of unbranched alkanes of at least 4 members (excludes halogenated alkanes) is 1. The van der Waals surface area contributed by atoms with E-state index in [-0.39, 0.29) is 0 Å². The summed E-state index contributed by atoms with van der Waals surface area (Å²) in [4.78, 5) is 9.02. The smallest absolute Gasteiger partial charge is 0.160 e. The van der Waals surface area contributed by atoms with Gasteiger partial charge >= 0.3 is 0 Å². The molecule has 1 aromatic carbocycles. The van der Waals surface area contributed by atoms with Crippen molar-refractivity contribution < 1.29 is 8.78 Å². The number of hydrogen-bond acceptors (Lipinski definition) is 3. The third kappa shape index (κ3) is 3.07. The first-order valence-corrected chi connectivity index (χ1v) is 7.58. The first kappa shape index (κ1) is 15.6. The fraction of sp³-hybridized carbons (Fsp3) is 0.294. The highest BCUT2D eigenvalue weighted by Gasteiger charge is 2.15. The standard InChI is InChI=1S/C17H18F2N4/c1-11-8-15-17(21-10-11)23(7-3-2-6-20)16(22-15)12-4-5-13(18)14(19)9-12/h4-5,8-10H,2-3,6-7,20H2,1H3. The van der Waals surface area contributed by atoms with Crippen LogP contribution in [0.1, 0.15) is 18.4 Å². The molecule has 0 saturated carbocycles. The van der Waals surface area contributed by atoms with Crippen LogP contribution in [0.15, 0.2) is 30.5 Å². The molecule has 2 heterocycles. The minimum absolute atomic E-state index is 0.535. The van der Waals surface area contributed by atoms with Gasteiger partial charge in [0.15, 0.2) is 17.3 Å². The van der Waals surface area contributed by atoms with Crippen molar-refractivity contribution in [1.29, 1.82) is 0 Å². The molecule has 0 aliphatic carbocycles. The minimum Gasteiger partial charge on any atom is -0.330 e. The van der Waals surface area contributed by atoms with E-state index in [1.807, 2.05) is 17.6 Å². The fourth-order valence-electron chi connectivity index (χ4n) is 2.59. The van der Waals surface area contributed by atoms with E-state index in [0.29, 0.717) is 24.5 Å². The Balaban J connectivity index is 2.13. The van der Waals surface area contributed by atoms with Crippen LogP contribution in [0.3, 0.4) is 0 Å². The lowest BCUT2D eigenvalue weighted by Gasteiger charge is -2.08. The van der Waals surface area contributed by atoms with Gasteiger partial charge in [-0.3, -0.25) is 0 Å². The molecular formula is C17H18F2N4. The Hall–Kier alpha value is -2.34. The molecule has 4 nitrogen and oxygen atoms in total. The Bertz CT molecular complexity index is 842. The molecule has 0 aliphatic rings. The molecule has 0 radical (unpaired) electrons. The third-order valence-electron chi connectivity index (χ3n) is 3.74. The van der Waals surface area contributed by atoms with Crippen molar-refractivity contribution in [3.05, 3.63) is 47.7 Å². The number of rotatable bonds is 5. The summed E-state index contributed by atoms with van der Waals surface area (Å²) < 4.78 is 28.7. The highest BCUT2D eigenvalue weighted by molar-refractivity contribution is 5.77. The van der Waals surface area contributed by atoms with Crippen LogP contribution in [-0.4, -0.2) is 21.1 Å². The second-order valence-electron chi connectivity index (χ2n) is 5.57. The number of fused-ring (bicyclic) bond motifs is 1.